The van der Waals surface area contributed by atoms with Crippen molar-refractivity contribution in [1.29, 1.82) is 0 Å². The fourth-order valence-electron chi connectivity index (χ4n) is 2.17. The molecule has 0 saturated heterocycles. The molecule has 0 aliphatic rings. The second-order valence-electron chi connectivity index (χ2n) is 5.25. The van der Waals surface area contributed by atoms with Crippen molar-refractivity contribution in [2.24, 2.45) is 0 Å². The summed E-state index contributed by atoms with van der Waals surface area (Å²) >= 11 is 0. The van der Waals surface area contributed by atoms with Gasteiger partial charge in [0.05, 0.1) is 12.7 Å². The maximum atomic E-state index is 11.7. The molecule has 0 unspecified atom stereocenters. The second kappa shape index (κ2) is 7.87. The maximum Gasteiger partial charge on any atom is 0.331 e. The molecule has 0 aliphatic heterocycles. The van der Waals surface area contributed by atoms with E-state index >= 15 is 0 Å². The zero-order chi connectivity index (χ0) is 16.6. The van der Waals surface area contributed by atoms with Crippen LogP contribution in [0, 0.1) is 0 Å². The number of carbonyl (C=O) groups excluding carboxylic acids is 1. The van der Waals surface area contributed by atoms with Crippen molar-refractivity contribution in [3.63, 3.8) is 0 Å². The van der Waals surface area contributed by atoms with Crippen molar-refractivity contribution in [3.8, 4) is 0 Å². The van der Waals surface area contributed by atoms with E-state index in [-0.39, 0.29) is 6.61 Å². The number of rotatable bonds is 6. The van der Waals surface area contributed by atoms with Crippen molar-refractivity contribution >= 4 is 12.0 Å². The molecular formula is C19H17N3O2. The molecule has 1 heterocycles. The molecule has 5 heteroatoms. The molecule has 0 fully saturated rings. The minimum atomic E-state index is -0.406. The maximum absolute atomic E-state index is 11.7. The molecule has 0 radical (unpaired) electrons. The highest BCUT2D eigenvalue weighted by molar-refractivity contribution is 5.86. The largest absolute Gasteiger partial charge is 0.458 e. The highest BCUT2D eigenvalue weighted by Crippen LogP contribution is 2.04. The van der Waals surface area contributed by atoms with Crippen LogP contribution in [0.5, 0.6) is 0 Å². The summed E-state index contributed by atoms with van der Waals surface area (Å²) in [6.45, 7) is 0.894. The molecule has 0 aliphatic carbocycles. The Kier molecular flexibility index (Phi) is 5.14. The minimum absolute atomic E-state index is 0.255. The quantitative estimate of drug-likeness (QED) is 0.517. The van der Waals surface area contributed by atoms with Crippen LogP contribution in [0.4, 0.5) is 0 Å². The average Bonchev–Trinajstić information content (AvgIpc) is 3.07. The third-order valence-corrected chi connectivity index (χ3v) is 3.36. The molecule has 0 spiro atoms. The monoisotopic (exact) mass is 319 g/mol. The summed E-state index contributed by atoms with van der Waals surface area (Å²) in [5.74, 6) is -0.406. The van der Waals surface area contributed by atoms with Gasteiger partial charge < -0.3 is 4.74 Å². The van der Waals surface area contributed by atoms with Crippen LogP contribution in [0.3, 0.4) is 0 Å². The molecule has 3 rings (SSSR count). The van der Waals surface area contributed by atoms with Gasteiger partial charge in [0, 0.05) is 6.08 Å². The van der Waals surface area contributed by atoms with Crippen molar-refractivity contribution in [2.75, 3.05) is 0 Å². The molecule has 120 valence electrons. The molecule has 1 aromatic heterocycles. The molecule has 5 nitrogen and oxygen atoms in total. The number of aromatic nitrogens is 3. The third-order valence-electron chi connectivity index (χ3n) is 3.36. The first-order valence-electron chi connectivity index (χ1n) is 7.62. The fraction of sp³-hybridized carbons (Fsp3) is 0.105. The second-order valence-corrected chi connectivity index (χ2v) is 5.25. The standard InChI is InChI=1S/C19H17N3O2/c23-19(24-15-17-9-5-2-6-10-17)12-11-18-14-22(21-20-18)13-16-7-3-1-4-8-16/h1-12,14H,13,15H2/b12-11+. The molecule has 0 amide bonds. The van der Waals surface area contributed by atoms with Gasteiger partial charge in [-0.15, -0.1) is 5.10 Å². The zero-order valence-electron chi connectivity index (χ0n) is 13.1. The van der Waals surface area contributed by atoms with Crippen molar-refractivity contribution in [3.05, 3.63) is 89.8 Å². The molecule has 0 atom stereocenters. The van der Waals surface area contributed by atoms with Crippen LogP contribution in [0.15, 0.2) is 72.9 Å². The van der Waals surface area contributed by atoms with E-state index in [9.17, 15) is 4.79 Å². The lowest BCUT2D eigenvalue weighted by Crippen LogP contribution is -2.00. The van der Waals surface area contributed by atoms with Gasteiger partial charge in [-0.05, 0) is 17.2 Å². The van der Waals surface area contributed by atoms with Gasteiger partial charge in [0.25, 0.3) is 0 Å². The Bertz CT molecular complexity index is 811. The molecule has 0 saturated carbocycles. The summed E-state index contributed by atoms with van der Waals surface area (Å²) in [5, 5.41) is 8.07. The van der Waals surface area contributed by atoms with E-state index in [1.54, 1.807) is 17.0 Å². The summed E-state index contributed by atoms with van der Waals surface area (Å²) in [7, 11) is 0. The Morgan fingerprint density at radius 2 is 1.67 bits per heavy atom. The van der Waals surface area contributed by atoms with E-state index < -0.39 is 5.97 Å². The van der Waals surface area contributed by atoms with Gasteiger partial charge in [-0.3, -0.25) is 0 Å². The smallest absolute Gasteiger partial charge is 0.331 e. The predicted octanol–water partition coefficient (Wildman–Crippen LogP) is 3.08. The number of hydrogen-bond acceptors (Lipinski definition) is 4. The normalized spacial score (nSPS) is 10.8. The van der Waals surface area contributed by atoms with E-state index in [4.69, 9.17) is 4.74 Å². The Morgan fingerprint density at radius 3 is 2.38 bits per heavy atom. The summed E-state index contributed by atoms with van der Waals surface area (Å²) < 4.78 is 6.90. The van der Waals surface area contributed by atoms with Gasteiger partial charge in [-0.1, -0.05) is 65.9 Å². The highest BCUT2D eigenvalue weighted by atomic mass is 16.5. The first kappa shape index (κ1) is 15.7. The van der Waals surface area contributed by atoms with E-state index in [0.717, 1.165) is 11.1 Å². The molecule has 0 N–H and O–H groups in total. The number of nitrogens with zero attached hydrogens (tertiary/aromatic N) is 3. The first-order valence-corrected chi connectivity index (χ1v) is 7.62. The van der Waals surface area contributed by atoms with Crippen LogP contribution < -0.4 is 0 Å². The predicted molar refractivity (Wildman–Crippen MR) is 90.8 cm³/mol. The Balaban J connectivity index is 1.52. The van der Waals surface area contributed by atoms with Crippen LogP contribution in [0.2, 0.25) is 0 Å². The topological polar surface area (TPSA) is 57.0 Å². The Hall–Kier alpha value is -3.21. The van der Waals surface area contributed by atoms with E-state index in [1.807, 2.05) is 60.7 Å². The number of esters is 1. The summed E-state index contributed by atoms with van der Waals surface area (Å²) in [6.07, 6.45) is 4.75. The summed E-state index contributed by atoms with van der Waals surface area (Å²) in [4.78, 5) is 11.7. The number of benzene rings is 2. The van der Waals surface area contributed by atoms with Gasteiger partial charge in [0.15, 0.2) is 0 Å². The Labute approximate surface area is 140 Å². The zero-order valence-corrected chi connectivity index (χ0v) is 13.1. The lowest BCUT2D eigenvalue weighted by Gasteiger charge is -2.01. The SMILES string of the molecule is O=C(/C=C/c1cn(Cc2ccccc2)nn1)OCc1ccccc1. The van der Waals surface area contributed by atoms with E-state index in [2.05, 4.69) is 10.3 Å². The van der Waals surface area contributed by atoms with Crippen LogP contribution >= 0.6 is 0 Å². The minimum Gasteiger partial charge on any atom is -0.458 e. The fourth-order valence-corrected chi connectivity index (χ4v) is 2.17. The van der Waals surface area contributed by atoms with Gasteiger partial charge in [0.1, 0.15) is 12.3 Å². The molecule has 2 aromatic carbocycles. The molecule has 3 aromatic rings. The van der Waals surface area contributed by atoms with Gasteiger partial charge in [-0.25, -0.2) is 9.48 Å². The summed E-state index contributed by atoms with van der Waals surface area (Å²) in [6, 6.07) is 19.5. The van der Waals surface area contributed by atoms with Crippen molar-refractivity contribution in [1.82, 2.24) is 15.0 Å². The number of carbonyl (C=O) groups is 1. The van der Waals surface area contributed by atoms with Crippen LogP contribution in [0.25, 0.3) is 6.08 Å². The van der Waals surface area contributed by atoms with Crippen molar-refractivity contribution in [2.45, 2.75) is 13.2 Å². The van der Waals surface area contributed by atoms with E-state index in [1.165, 1.54) is 6.08 Å². The van der Waals surface area contributed by atoms with Gasteiger partial charge in [-0.2, -0.15) is 0 Å². The number of ether oxygens (including phenoxy) is 1. The first-order chi connectivity index (χ1) is 11.8. The van der Waals surface area contributed by atoms with Crippen LogP contribution in [0.1, 0.15) is 16.8 Å². The lowest BCUT2D eigenvalue weighted by molar-refractivity contribution is -0.138. The Morgan fingerprint density at radius 1 is 1.00 bits per heavy atom. The lowest BCUT2D eigenvalue weighted by atomic mass is 10.2. The number of hydrogen-bond donors (Lipinski definition) is 0. The third kappa shape index (κ3) is 4.64. The van der Waals surface area contributed by atoms with Crippen LogP contribution in [-0.4, -0.2) is 21.0 Å². The van der Waals surface area contributed by atoms with Crippen LogP contribution in [-0.2, 0) is 22.7 Å². The van der Waals surface area contributed by atoms with E-state index in [0.29, 0.717) is 12.2 Å². The molecule has 24 heavy (non-hydrogen) atoms. The molecule has 0 bridgehead atoms. The van der Waals surface area contributed by atoms with Crippen molar-refractivity contribution < 1.29 is 9.53 Å². The summed E-state index contributed by atoms with van der Waals surface area (Å²) in [5.41, 5.74) is 2.70. The molecular weight excluding hydrogens is 302 g/mol. The highest BCUT2D eigenvalue weighted by Gasteiger charge is 2.01. The van der Waals surface area contributed by atoms with Gasteiger partial charge in [0.2, 0.25) is 0 Å². The van der Waals surface area contributed by atoms with Gasteiger partial charge >= 0.3 is 5.97 Å². The average molecular weight is 319 g/mol.